The molecular formula is C21H17FN2OS. The second-order valence-electron chi connectivity index (χ2n) is 5.87. The number of thiophene rings is 1. The first-order valence-corrected chi connectivity index (χ1v) is 9.20. The third kappa shape index (κ3) is 3.74. The summed E-state index contributed by atoms with van der Waals surface area (Å²) < 4.78 is 18.9. The second kappa shape index (κ2) is 7.64. The van der Waals surface area contributed by atoms with Gasteiger partial charge in [-0.3, -0.25) is 5.32 Å². The molecule has 3 nitrogen and oxygen atoms in total. The Bertz CT molecular complexity index is 949. The molecule has 0 fully saturated rings. The molecule has 1 atom stereocenters. The van der Waals surface area contributed by atoms with Crippen molar-refractivity contribution in [1.82, 2.24) is 10.3 Å². The Labute approximate surface area is 155 Å². The van der Waals surface area contributed by atoms with Crippen LogP contribution in [0, 0.1) is 5.82 Å². The van der Waals surface area contributed by atoms with Gasteiger partial charge in [0.05, 0.1) is 18.8 Å². The van der Waals surface area contributed by atoms with Gasteiger partial charge < -0.3 is 4.42 Å². The Hall–Kier alpha value is -2.76. The third-order valence-corrected chi connectivity index (χ3v) is 5.04. The molecule has 2 aromatic heterocycles. The van der Waals surface area contributed by atoms with Gasteiger partial charge in [0.1, 0.15) is 5.82 Å². The highest BCUT2D eigenvalue weighted by molar-refractivity contribution is 7.10. The van der Waals surface area contributed by atoms with E-state index in [-0.39, 0.29) is 11.9 Å². The molecule has 4 rings (SSSR count). The quantitative estimate of drug-likeness (QED) is 0.496. The lowest BCUT2D eigenvalue weighted by molar-refractivity contribution is 0.464. The topological polar surface area (TPSA) is 38.1 Å². The highest BCUT2D eigenvalue weighted by Crippen LogP contribution is 2.27. The Kier molecular flexibility index (Phi) is 4.91. The summed E-state index contributed by atoms with van der Waals surface area (Å²) in [5.41, 5.74) is 2.00. The summed E-state index contributed by atoms with van der Waals surface area (Å²) in [4.78, 5) is 5.58. The molecule has 0 aliphatic heterocycles. The number of benzene rings is 2. The molecule has 0 unspecified atom stereocenters. The third-order valence-electron chi connectivity index (χ3n) is 4.10. The van der Waals surface area contributed by atoms with Crippen molar-refractivity contribution in [3.63, 3.8) is 0 Å². The Morgan fingerprint density at radius 2 is 1.81 bits per heavy atom. The molecule has 0 amide bonds. The largest absolute Gasteiger partial charge is 0.439 e. The van der Waals surface area contributed by atoms with E-state index in [9.17, 15) is 4.39 Å². The zero-order valence-corrected chi connectivity index (χ0v) is 14.7. The van der Waals surface area contributed by atoms with Gasteiger partial charge in [0.2, 0.25) is 5.89 Å². The number of halogens is 1. The highest BCUT2D eigenvalue weighted by atomic mass is 32.1. The molecule has 0 aliphatic rings. The molecule has 0 bridgehead atoms. The molecule has 0 aliphatic carbocycles. The van der Waals surface area contributed by atoms with Crippen LogP contribution in [0.3, 0.4) is 0 Å². The molecule has 0 radical (unpaired) electrons. The van der Waals surface area contributed by atoms with Crippen LogP contribution in [0.4, 0.5) is 4.39 Å². The fourth-order valence-corrected chi connectivity index (χ4v) is 3.64. The van der Waals surface area contributed by atoms with Gasteiger partial charge in [0.15, 0.2) is 5.76 Å². The highest BCUT2D eigenvalue weighted by Gasteiger charge is 2.16. The van der Waals surface area contributed by atoms with Crippen LogP contribution in [0.2, 0.25) is 0 Å². The van der Waals surface area contributed by atoms with Crippen LogP contribution in [0.25, 0.3) is 11.3 Å². The van der Waals surface area contributed by atoms with Crippen molar-refractivity contribution in [2.24, 2.45) is 0 Å². The number of hydrogen-bond acceptors (Lipinski definition) is 4. The first-order valence-electron chi connectivity index (χ1n) is 8.32. The zero-order chi connectivity index (χ0) is 17.8. The van der Waals surface area contributed by atoms with E-state index in [1.165, 1.54) is 22.6 Å². The average molecular weight is 364 g/mol. The van der Waals surface area contributed by atoms with E-state index in [1.54, 1.807) is 29.7 Å². The maximum atomic E-state index is 13.1. The molecule has 5 heteroatoms. The molecule has 130 valence electrons. The summed E-state index contributed by atoms with van der Waals surface area (Å²) in [6.07, 6.45) is 1.67. The predicted octanol–water partition coefficient (Wildman–Crippen LogP) is 5.42. The molecule has 2 heterocycles. The fraction of sp³-hybridized carbons (Fsp3) is 0.0952. The molecular weight excluding hydrogens is 347 g/mol. The SMILES string of the molecule is Fc1ccc(-c2cnc(CN[C@H](c3ccccc3)c3cccs3)o2)cc1. The Morgan fingerprint density at radius 1 is 1.00 bits per heavy atom. The van der Waals surface area contributed by atoms with Crippen molar-refractivity contribution in [2.75, 3.05) is 0 Å². The normalized spacial score (nSPS) is 12.2. The lowest BCUT2D eigenvalue weighted by Gasteiger charge is -2.17. The van der Waals surface area contributed by atoms with E-state index in [4.69, 9.17) is 4.42 Å². The Balaban J connectivity index is 1.51. The van der Waals surface area contributed by atoms with Crippen LogP contribution >= 0.6 is 11.3 Å². The van der Waals surface area contributed by atoms with Crippen LogP contribution in [0.1, 0.15) is 22.4 Å². The molecule has 0 saturated carbocycles. The first-order chi connectivity index (χ1) is 12.8. The van der Waals surface area contributed by atoms with E-state index < -0.39 is 0 Å². The second-order valence-corrected chi connectivity index (χ2v) is 6.84. The van der Waals surface area contributed by atoms with Gasteiger partial charge in [-0.2, -0.15) is 0 Å². The van der Waals surface area contributed by atoms with Gasteiger partial charge in [0.25, 0.3) is 0 Å². The minimum Gasteiger partial charge on any atom is -0.439 e. The van der Waals surface area contributed by atoms with Gasteiger partial charge in [-0.25, -0.2) is 9.37 Å². The number of rotatable bonds is 6. The van der Waals surface area contributed by atoms with E-state index in [0.29, 0.717) is 18.2 Å². The van der Waals surface area contributed by atoms with Crippen molar-refractivity contribution in [2.45, 2.75) is 12.6 Å². The van der Waals surface area contributed by atoms with Gasteiger partial charge in [-0.15, -0.1) is 11.3 Å². The summed E-state index contributed by atoms with van der Waals surface area (Å²) in [5.74, 6) is 0.966. The summed E-state index contributed by atoms with van der Waals surface area (Å²) in [6.45, 7) is 0.499. The molecule has 0 saturated heterocycles. The van der Waals surface area contributed by atoms with Gasteiger partial charge >= 0.3 is 0 Å². The van der Waals surface area contributed by atoms with Crippen molar-refractivity contribution < 1.29 is 8.81 Å². The average Bonchev–Trinajstić information content (AvgIpc) is 3.36. The van der Waals surface area contributed by atoms with Gasteiger partial charge in [-0.1, -0.05) is 36.4 Å². The molecule has 2 aromatic carbocycles. The van der Waals surface area contributed by atoms with Crippen LogP contribution in [0.15, 0.2) is 82.7 Å². The van der Waals surface area contributed by atoms with E-state index in [2.05, 4.69) is 39.9 Å². The van der Waals surface area contributed by atoms with Gasteiger partial charge in [-0.05, 0) is 41.3 Å². The van der Waals surface area contributed by atoms with Crippen molar-refractivity contribution in [3.8, 4) is 11.3 Å². The number of hydrogen-bond donors (Lipinski definition) is 1. The lowest BCUT2D eigenvalue weighted by atomic mass is 10.1. The maximum absolute atomic E-state index is 13.1. The molecule has 0 spiro atoms. The summed E-state index contributed by atoms with van der Waals surface area (Å²) in [6, 6.07) is 20.8. The van der Waals surface area contributed by atoms with Crippen LogP contribution in [0.5, 0.6) is 0 Å². The smallest absolute Gasteiger partial charge is 0.208 e. The number of oxazole rings is 1. The fourth-order valence-electron chi connectivity index (χ4n) is 2.81. The van der Waals surface area contributed by atoms with Crippen LogP contribution < -0.4 is 5.32 Å². The standard InChI is InChI=1S/C21H17FN2OS/c22-17-10-8-15(9-11-17)18-13-23-20(25-18)14-24-21(19-7-4-12-26-19)16-5-2-1-3-6-16/h1-13,21,24H,14H2/t21-/m1/s1. The van der Waals surface area contributed by atoms with E-state index >= 15 is 0 Å². The van der Waals surface area contributed by atoms with Crippen molar-refractivity contribution in [1.29, 1.82) is 0 Å². The van der Waals surface area contributed by atoms with Gasteiger partial charge in [0, 0.05) is 10.4 Å². The maximum Gasteiger partial charge on any atom is 0.208 e. The van der Waals surface area contributed by atoms with E-state index in [0.717, 1.165) is 5.56 Å². The monoisotopic (exact) mass is 364 g/mol. The lowest BCUT2D eigenvalue weighted by Crippen LogP contribution is -2.21. The first kappa shape index (κ1) is 16.7. The predicted molar refractivity (Wildman–Crippen MR) is 101 cm³/mol. The van der Waals surface area contributed by atoms with Crippen molar-refractivity contribution in [3.05, 3.63) is 100 Å². The summed E-state index contributed by atoms with van der Waals surface area (Å²) >= 11 is 1.72. The Morgan fingerprint density at radius 3 is 2.54 bits per heavy atom. The zero-order valence-electron chi connectivity index (χ0n) is 13.9. The van der Waals surface area contributed by atoms with Crippen LogP contribution in [-0.4, -0.2) is 4.98 Å². The molecule has 26 heavy (non-hydrogen) atoms. The minimum atomic E-state index is -0.267. The molecule has 1 N–H and O–H groups in total. The minimum absolute atomic E-state index is 0.0809. The van der Waals surface area contributed by atoms with Crippen molar-refractivity contribution >= 4 is 11.3 Å². The van der Waals surface area contributed by atoms with E-state index in [1.807, 2.05) is 18.2 Å². The van der Waals surface area contributed by atoms with Crippen LogP contribution in [-0.2, 0) is 6.54 Å². The summed E-state index contributed by atoms with van der Waals surface area (Å²) in [7, 11) is 0. The number of aromatic nitrogens is 1. The number of nitrogens with zero attached hydrogens (tertiary/aromatic N) is 1. The summed E-state index contributed by atoms with van der Waals surface area (Å²) in [5, 5.41) is 5.60. The molecule has 4 aromatic rings. The number of nitrogens with one attached hydrogen (secondary N) is 1.